The molecule has 132 valence electrons. The quantitative estimate of drug-likeness (QED) is 0.679. The highest BCUT2D eigenvalue weighted by atomic mass is 16.5. The lowest BCUT2D eigenvalue weighted by molar-refractivity contribution is -0.687. The van der Waals surface area contributed by atoms with Crippen LogP contribution in [0.15, 0.2) is 49.1 Å². The number of aromatic nitrogens is 2. The van der Waals surface area contributed by atoms with E-state index < -0.39 is 0 Å². The van der Waals surface area contributed by atoms with E-state index in [2.05, 4.69) is 65.1 Å². The lowest BCUT2D eigenvalue weighted by Gasteiger charge is -2.11. The van der Waals surface area contributed by atoms with Crippen molar-refractivity contribution in [2.24, 2.45) is 0 Å². The summed E-state index contributed by atoms with van der Waals surface area (Å²) in [4.78, 5) is 0. The van der Waals surface area contributed by atoms with Crippen LogP contribution in [0.1, 0.15) is 27.8 Å². The lowest BCUT2D eigenvalue weighted by Crippen LogP contribution is -2.31. The molecule has 3 heterocycles. The van der Waals surface area contributed by atoms with Crippen LogP contribution in [-0.4, -0.2) is 17.8 Å². The van der Waals surface area contributed by atoms with Gasteiger partial charge in [0.25, 0.3) is 0 Å². The topological polar surface area (TPSA) is 27.3 Å². The Balaban J connectivity index is 1.41. The molecule has 4 nitrogen and oxygen atoms in total. The lowest BCUT2D eigenvalue weighted by atomic mass is 9.99. The molecular weight excluding hydrogens is 324 g/mol. The van der Waals surface area contributed by atoms with Gasteiger partial charge in [0.1, 0.15) is 37.0 Å². The van der Waals surface area contributed by atoms with E-state index >= 15 is 0 Å². The van der Waals surface area contributed by atoms with Gasteiger partial charge in [-0.25, -0.2) is 9.13 Å². The molecule has 0 aliphatic carbocycles. The first-order valence-electron chi connectivity index (χ1n) is 9.30. The van der Waals surface area contributed by atoms with E-state index in [4.69, 9.17) is 9.47 Å². The molecule has 0 saturated heterocycles. The van der Waals surface area contributed by atoms with E-state index in [0.717, 1.165) is 50.6 Å². The zero-order chi connectivity index (χ0) is 17.5. The highest BCUT2D eigenvalue weighted by Gasteiger charge is 2.27. The molecule has 0 atom stereocenters. The molecule has 0 amide bonds. The molecule has 2 aromatic carbocycles. The minimum atomic E-state index is 0.782. The van der Waals surface area contributed by atoms with E-state index in [1.165, 1.54) is 27.8 Å². The molecule has 0 fully saturated rings. The number of aryl methyl sites for hydroxylation is 1. The van der Waals surface area contributed by atoms with Crippen molar-refractivity contribution in [3.05, 3.63) is 76.9 Å². The van der Waals surface area contributed by atoms with Gasteiger partial charge in [-0.1, -0.05) is 29.8 Å². The maximum absolute atomic E-state index is 5.97. The van der Waals surface area contributed by atoms with Gasteiger partial charge in [0.2, 0.25) is 6.33 Å². The zero-order valence-electron chi connectivity index (χ0n) is 15.1. The summed E-state index contributed by atoms with van der Waals surface area (Å²) in [5, 5.41) is 0. The summed E-state index contributed by atoms with van der Waals surface area (Å²) >= 11 is 0. The van der Waals surface area contributed by atoms with Crippen LogP contribution in [0.3, 0.4) is 0 Å². The van der Waals surface area contributed by atoms with Gasteiger partial charge >= 0.3 is 0 Å². The minimum absolute atomic E-state index is 0.782. The molecule has 0 unspecified atom stereocenters. The van der Waals surface area contributed by atoms with Crippen molar-refractivity contribution in [2.45, 2.75) is 32.9 Å². The number of hydrogen-bond acceptors (Lipinski definition) is 2. The van der Waals surface area contributed by atoms with E-state index in [-0.39, 0.29) is 0 Å². The van der Waals surface area contributed by atoms with E-state index in [1.54, 1.807) is 0 Å². The van der Waals surface area contributed by atoms with Crippen molar-refractivity contribution in [1.82, 2.24) is 4.57 Å². The summed E-state index contributed by atoms with van der Waals surface area (Å²) in [5.41, 5.74) is 6.53. The summed E-state index contributed by atoms with van der Waals surface area (Å²) in [7, 11) is 0. The highest BCUT2D eigenvalue weighted by Crippen LogP contribution is 2.40. The minimum Gasteiger partial charge on any atom is -0.493 e. The van der Waals surface area contributed by atoms with Crippen molar-refractivity contribution in [3.63, 3.8) is 0 Å². The van der Waals surface area contributed by atoms with Crippen LogP contribution >= 0.6 is 0 Å². The van der Waals surface area contributed by atoms with Crippen LogP contribution in [0.5, 0.6) is 11.5 Å². The van der Waals surface area contributed by atoms with E-state index in [1.807, 2.05) is 0 Å². The first kappa shape index (κ1) is 15.5. The van der Waals surface area contributed by atoms with Crippen LogP contribution in [-0.2, 0) is 25.9 Å². The van der Waals surface area contributed by atoms with E-state index in [0.29, 0.717) is 0 Å². The Labute approximate surface area is 153 Å². The molecule has 5 rings (SSSR count). The second-order valence-corrected chi connectivity index (χ2v) is 7.26. The van der Waals surface area contributed by atoms with Gasteiger partial charge in [0.05, 0.1) is 13.2 Å². The number of hydrogen-bond donors (Lipinski definition) is 0. The number of ether oxygens (including phenoxy) is 2. The second kappa shape index (κ2) is 6.20. The molecule has 2 aliphatic rings. The summed E-state index contributed by atoms with van der Waals surface area (Å²) in [6.07, 6.45) is 8.42. The monoisotopic (exact) mass is 347 g/mol. The third-order valence-corrected chi connectivity index (χ3v) is 5.33. The van der Waals surface area contributed by atoms with Crippen LogP contribution in [0.25, 0.3) is 0 Å². The van der Waals surface area contributed by atoms with Crippen LogP contribution in [0, 0.1) is 6.92 Å². The summed E-state index contributed by atoms with van der Waals surface area (Å²) < 4.78 is 16.3. The van der Waals surface area contributed by atoms with Crippen LogP contribution < -0.4 is 14.0 Å². The van der Waals surface area contributed by atoms with Crippen molar-refractivity contribution in [3.8, 4) is 11.5 Å². The summed E-state index contributed by atoms with van der Waals surface area (Å²) in [6, 6.07) is 10.9. The van der Waals surface area contributed by atoms with Gasteiger partial charge in [-0.15, -0.1) is 0 Å². The largest absolute Gasteiger partial charge is 0.493 e. The number of imidazole rings is 1. The van der Waals surface area contributed by atoms with Gasteiger partial charge in [0.15, 0.2) is 0 Å². The maximum Gasteiger partial charge on any atom is 0.244 e. The smallest absolute Gasteiger partial charge is 0.244 e. The Kier molecular flexibility index (Phi) is 3.70. The van der Waals surface area contributed by atoms with Gasteiger partial charge in [-0.3, -0.25) is 0 Å². The summed E-state index contributed by atoms with van der Waals surface area (Å²) in [5.74, 6) is 2.15. The molecule has 0 saturated carbocycles. The third kappa shape index (κ3) is 2.75. The average Bonchev–Trinajstić information content (AvgIpc) is 3.37. The Morgan fingerprint density at radius 3 is 2.81 bits per heavy atom. The molecule has 3 aromatic rings. The van der Waals surface area contributed by atoms with Crippen LogP contribution in [0.2, 0.25) is 0 Å². The maximum atomic E-state index is 5.97. The fourth-order valence-electron chi connectivity index (χ4n) is 3.96. The summed E-state index contributed by atoms with van der Waals surface area (Å²) in [6.45, 7) is 5.40. The standard InChI is InChI=1S/C22H23N2O2/c1-16-2-4-17(5-3-16)13-23-8-9-24(15-23)14-20-19-7-11-25-21(19)12-18-6-10-26-22(18)20/h2-5,8-9,12,15H,6-7,10-11,13-14H2,1H3/q+1. The Hall–Kier alpha value is -2.75. The molecule has 0 N–H and O–H groups in total. The molecule has 1 aromatic heterocycles. The van der Waals surface area contributed by atoms with Gasteiger partial charge in [0, 0.05) is 29.5 Å². The predicted molar refractivity (Wildman–Crippen MR) is 98.9 cm³/mol. The van der Waals surface area contributed by atoms with Crippen LogP contribution in [0.4, 0.5) is 0 Å². The first-order valence-corrected chi connectivity index (χ1v) is 9.30. The number of rotatable bonds is 4. The van der Waals surface area contributed by atoms with Crippen molar-refractivity contribution in [1.29, 1.82) is 0 Å². The molecule has 0 radical (unpaired) electrons. The molecule has 0 bridgehead atoms. The first-order chi connectivity index (χ1) is 12.8. The fraction of sp³-hybridized carbons (Fsp3) is 0.318. The third-order valence-electron chi connectivity index (χ3n) is 5.33. The average molecular weight is 347 g/mol. The van der Waals surface area contributed by atoms with Crippen molar-refractivity contribution >= 4 is 0 Å². The van der Waals surface area contributed by atoms with Gasteiger partial charge in [-0.2, -0.15) is 0 Å². The number of benzene rings is 2. The normalized spacial score (nSPS) is 14.7. The van der Waals surface area contributed by atoms with Gasteiger partial charge < -0.3 is 9.47 Å². The number of nitrogens with zero attached hydrogens (tertiary/aromatic N) is 2. The predicted octanol–water partition coefficient (Wildman–Crippen LogP) is 3.05. The Morgan fingerprint density at radius 1 is 1.08 bits per heavy atom. The van der Waals surface area contributed by atoms with Crippen molar-refractivity contribution in [2.75, 3.05) is 13.2 Å². The second-order valence-electron chi connectivity index (χ2n) is 7.26. The molecular formula is C22H23N2O2+. The molecule has 0 spiro atoms. The highest BCUT2D eigenvalue weighted by molar-refractivity contribution is 5.56. The molecule has 2 aliphatic heterocycles. The fourth-order valence-corrected chi connectivity index (χ4v) is 3.96. The van der Waals surface area contributed by atoms with Gasteiger partial charge in [-0.05, 0) is 18.6 Å². The molecule has 4 heteroatoms. The van der Waals surface area contributed by atoms with Crippen molar-refractivity contribution < 1.29 is 14.0 Å². The SMILES string of the molecule is Cc1ccc(C[n+]2ccn(Cc3c4c(cc5c3OCC5)OCC4)c2)cc1. The Bertz CT molecular complexity index is 925. The molecule has 26 heavy (non-hydrogen) atoms. The Morgan fingerprint density at radius 2 is 1.92 bits per heavy atom. The van der Waals surface area contributed by atoms with E-state index in [9.17, 15) is 0 Å². The zero-order valence-corrected chi connectivity index (χ0v) is 15.1. The number of fused-ring (bicyclic) bond motifs is 2.